The van der Waals surface area contributed by atoms with Gasteiger partial charge in [-0.1, -0.05) is 26.7 Å². The zero-order chi connectivity index (χ0) is 9.90. The molecule has 3 N–H and O–H groups in total. The first-order valence-electron chi connectivity index (χ1n) is 5.49. The Labute approximate surface area is 81.5 Å². The third kappa shape index (κ3) is 2.96. The van der Waals surface area contributed by atoms with E-state index in [1.807, 2.05) is 0 Å². The molecular formula is C11H23NO. The molecule has 0 heterocycles. The summed E-state index contributed by atoms with van der Waals surface area (Å²) in [4.78, 5) is 0. The molecule has 1 rings (SSSR count). The monoisotopic (exact) mass is 185 g/mol. The molecule has 0 bridgehead atoms. The van der Waals surface area contributed by atoms with Crippen LogP contribution >= 0.6 is 0 Å². The standard InChI is InChI=1S/C11H23NO/c1-9(2)4-3-5-10(13)11(8-12)6-7-11/h9-10,13H,3-8,12H2,1-2H3. The van der Waals surface area contributed by atoms with Crippen LogP contribution in [0.25, 0.3) is 0 Å². The molecule has 1 aliphatic rings. The molecule has 1 atom stereocenters. The third-order valence-corrected chi connectivity index (χ3v) is 3.26. The fourth-order valence-electron chi connectivity index (χ4n) is 1.86. The average Bonchev–Trinajstić information content (AvgIpc) is 2.83. The number of hydrogen-bond acceptors (Lipinski definition) is 2. The summed E-state index contributed by atoms with van der Waals surface area (Å²) in [5, 5.41) is 9.87. The lowest BCUT2D eigenvalue weighted by Crippen LogP contribution is -2.29. The number of aliphatic hydroxyl groups excluding tert-OH is 1. The Kier molecular flexibility index (Phi) is 3.74. The molecule has 2 nitrogen and oxygen atoms in total. The van der Waals surface area contributed by atoms with E-state index in [9.17, 15) is 5.11 Å². The molecule has 0 aromatic carbocycles. The van der Waals surface area contributed by atoms with Gasteiger partial charge in [0.05, 0.1) is 6.10 Å². The SMILES string of the molecule is CC(C)CCCC(O)C1(CN)CC1. The highest BCUT2D eigenvalue weighted by molar-refractivity contribution is 4.99. The van der Waals surface area contributed by atoms with Gasteiger partial charge in [0, 0.05) is 12.0 Å². The van der Waals surface area contributed by atoms with Crippen molar-refractivity contribution >= 4 is 0 Å². The maximum Gasteiger partial charge on any atom is 0.0608 e. The molecule has 0 radical (unpaired) electrons. The summed E-state index contributed by atoms with van der Waals surface area (Å²) in [6.07, 6.45) is 5.42. The van der Waals surface area contributed by atoms with Crippen LogP contribution in [-0.2, 0) is 0 Å². The Morgan fingerprint density at radius 1 is 1.31 bits per heavy atom. The van der Waals surface area contributed by atoms with Crippen molar-refractivity contribution in [2.45, 2.75) is 52.1 Å². The van der Waals surface area contributed by atoms with Gasteiger partial charge in [-0.3, -0.25) is 0 Å². The highest BCUT2D eigenvalue weighted by Gasteiger charge is 2.46. The van der Waals surface area contributed by atoms with Crippen molar-refractivity contribution < 1.29 is 5.11 Å². The van der Waals surface area contributed by atoms with Crippen LogP contribution in [-0.4, -0.2) is 17.8 Å². The smallest absolute Gasteiger partial charge is 0.0608 e. The second kappa shape index (κ2) is 4.43. The van der Waals surface area contributed by atoms with Crippen LogP contribution < -0.4 is 5.73 Å². The van der Waals surface area contributed by atoms with E-state index in [1.54, 1.807) is 0 Å². The molecule has 0 amide bonds. The lowest BCUT2D eigenvalue weighted by molar-refractivity contribution is 0.0850. The molecule has 1 aliphatic carbocycles. The lowest BCUT2D eigenvalue weighted by Gasteiger charge is -2.20. The molecule has 1 unspecified atom stereocenters. The number of rotatable bonds is 6. The van der Waals surface area contributed by atoms with Crippen molar-refractivity contribution in [1.29, 1.82) is 0 Å². The van der Waals surface area contributed by atoms with E-state index in [2.05, 4.69) is 13.8 Å². The molecule has 0 saturated heterocycles. The summed E-state index contributed by atoms with van der Waals surface area (Å²) in [5.41, 5.74) is 5.76. The zero-order valence-electron chi connectivity index (χ0n) is 8.92. The summed E-state index contributed by atoms with van der Waals surface area (Å²) in [6.45, 7) is 5.11. The topological polar surface area (TPSA) is 46.2 Å². The summed E-state index contributed by atoms with van der Waals surface area (Å²) < 4.78 is 0. The first kappa shape index (κ1) is 11.0. The number of hydrogen-bond donors (Lipinski definition) is 2. The summed E-state index contributed by atoms with van der Waals surface area (Å²) in [7, 11) is 0. The first-order valence-corrected chi connectivity index (χ1v) is 5.49. The summed E-state index contributed by atoms with van der Waals surface area (Å²) in [5.74, 6) is 0.750. The van der Waals surface area contributed by atoms with E-state index in [0.29, 0.717) is 6.54 Å². The van der Waals surface area contributed by atoms with Gasteiger partial charge in [0.1, 0.15) is 0 Å². The van der Waals surface area contributed by atoms with Gasteiger partial charge >= 0.3 is 0 Å². The number of aliphatic hydroxyl groups is 1. The van der Waals surface area contributed by atoms with Crippen LogP contribution in [0.1, 0.15) is 46.0 Å². The minimum absolute atomic E-state index is 0.122. The van der Waals surface area contributed by atoms with Crippen LogP contribution in [0.15, 0.2) is 0 Å². The highest BCUT2D eigenvalue weighted by atomic mass is 16.3. The van der Waals surface area contributed by atoms with E-state index in [1.165, 1.54) is 6.42 Å². The van der Waals surface area contributed by atoms with E-state index < -0.39 is 0 Å². The quantitative estimate of drug-likeness (QED) is 0.664. The van der Waals surface area contributed by atoms with E-state index >= 15 is 0 Å². The second-order valence-corrected chi connectivity index (χ2v) is 4.91. The van der Waals surface area contributed by atoms with Crippen LogP contribution in [0.4, 0.5) is 0 Å². The van der Waals surface area contributed by atoms with E-state index in [-0.39, 0.29) is 11.5 Å². The van der Waals surface area contributed by atoms with Crippen molar-refractivity contribution in [3.63, 3.8) is 0 Å². The normalized spacial score (nSPS) is 21.9. The Hall–Kier alpha value is -0.0800. The maximum absolute atomic E-state index is 9.87. The lowest BCUT2D eigenvalue weighted by atomic mass is 9.93. The molecule has 0 aromatic rings. The third-order valence-electron chi connectivity index (χ3n) is 3.26. The fourth-order valence-corrected chi connectivity index (χ4v) is 1.86. The van der Waals surface area contributed by atoms with Crippen LogP contribution in [0.5, 0.6) is 0 Å². The van der Waals surface area contributed by atoms with E-state index in [0.717, 1.165) is 31.6 Å². The van der Waals surface area contributed by atoms with Gasteiger partial charge in [-0.2, -0.15) is 0 Å². The second-order valence-electron chi connectivity index (χ2n) is 4.91. The minimum Gasteiger partial charge on any atom is -0.393 e. The molecule has 1 fully saturated rings. The van der Waals surface area contributed by atoms with Gasteiger partial charge in [-0.05, 0) is 25.2 Å². The van der Waals surface area contributed by atoms with Crippen molar-refractivity contribution in [2.24, 2.45) is 17.1 Å². The van der Waals surface area contributed by atoms with Gasteiger partial charge < -0.3 is 10.8 Å². The molecule has 78 valence electrons. The molecule has 2 heteroatoms. The first-order chi connectivity index (χ1) is 6.10. The van der Waals surface area contributed by atoms with Crippen molar-refractivity contribution in [1.82, 2.24) is 0 Å². The average molecular weight is 185 g/mol. The Morgan fingerprint density at radius 3 is 2.31 bits per heavy atom. The largest absolute Gasteiger partial charge is 0.393 e. The minimum atomic E-state index is -0.142. The van der Waals surface area contributed by atoms with Crippen LogP contribution in [0, 0.1) is 11.3 Å². The van der Waals surface area contributed by atoms with Gasteiger partial charge in [0.25, 0.3) is 0 Å². The predicted octanol–water partition coefficient (Wildman–Crippen LogP) is 1.91. The molecule has 0 aromatic heterocycles. The Bertz CT molecular complexity index is 152. The van der Waals surface area contributed by atoms with Crippen molar-refractivity contribution in [3.8, 4) is 0 Å². The molecule has 1 saturated carbocycles. The van der Waals surface area contributed by atoms with Crippen molar-refractivity contribution in [3.05, 3.63) is 0 Å². The fraction of sp³-hybridized carbons (Fsp3) is 1.00. The molecule has 0 aliphatic heterocycles. The van der Waals surface area contributed by atoms with Gasteiger partial charge in [-0.15, -0.1) is 0 Å². The molecular weight excluding hydrogens is 162 g/mol. The summed E-state index contributed by atoms with van der Waals surface area (Å²) in [6, 6.07) is 0. The van der Waals surface area contributed by atoms with E-state index in [4.69, 9.17) is 5.73 Å². The molecule has 0 spiro atoms. The Balaban J connectivity index is 2.14. The molecule has 13 heavy (non-hydrogen) atoms. The summed E-state index contributed by atoms with van der Waals surface area (Å²) >= 11 is 0. The van der Waals surface area contributed by atoms with Gasteiger partial charge in [-0.25, -0.2) is 0 Å². The number of nitrogens with two attached hydrogens (primary N) is 1. The Morgan fingerprint density at radius 2 is 1.92 bits per heavy atom. The maximum atomic E-state index is 9.87. The predicted molar refractivity (Wildman–Crippen MR) is 55.4 cm³/mol. The van der Waals surface area contributed by atoms with Crippen LogP contribution in [0.2, 0.25) is 0 Å². The van der Waals surface area contributed by atoms with Crippen LogP contribution in [0.3, 0.4) is 0 Å². The highest BCUT2D eigenvalue weighted by Crippen LogP contribution is 2.48. The zero-order valence-corrected chi connectivity index (χ0v) is 8.92. The van der Waals surface area contributed by atoms with Gasteiger partial charge in [0.15, 0.2) is 0 Å². The van der Waals surface area contributed by atoms with Gasteiger partial charge in [0.2, 0.25) is 0 Å². The van der Waals surface area contributed by atoms with Crippen molar-refractivity contribution in [2.75, 3.05) is 6.54 Å².